The molecule has 1 aliphatic heterocycles. The van der Waals surface area contributed by atoms with Gasteiger partial charge in [-0.05, 0) is 48.6 Å². The summed E-state index contributed by atoms with van der Waals surface area (Å²) in [6, 6.07) is 13.7. The summed E-state index contributed by atoms with van der Waals surface area (Å²) in [5.74, 6) is -0.113. The second kappa shape index (κ2) is 9.08. The summed E-state index contributed by atoms with van der Waals surface area (Å²) >= 11 is 7.77. The maximum absolute atomic E-state index is 13.2. The highest BCUT2D eigenvalue weighted by Gasteiger charge is 2.25. The van der Waals surface area contributed by atoms with E-state index in [1.165, 1.54) is 5.56 Å². The maximum atomic E-state index is 13.2. The molecule has 0 spiro atoms. The van der Waals surface area contributed by atoms with Crippen LogP contribution in [-0.2, 0) is 16.0 Å². The van der Waals surface area contributed by atoms with Gasteiger partial charge in [-0.25, -0.2) is 4.98 Å². The number of benzene rings is 2. The monoisotopic (exact) mass is 426 g/mol. The van der Waals surface area contributed by atoms with Crippen LogP contribution in [0.1, 0.15) is 30.9 Å². The average molecular weight is 427 g/mol. The molecule has 29 heavy (non-hydrogen) atoms. The molecule has 4 rings (SSSR count). The molecule has 1 atom stereocenters. The van der Waals surface area contributed by atoms with Crippen LogP contribution >= 0.6 is 22.9 Å². The smallest absolute Gasteiger partial charge is 0.252 e. The van der Waals surface area contributed by atoms with Gasteiger partial charge in [-0.3, -0.25) is 9.69 Å². The summed E-state index contributed by atoms with van der Waals surface area (Å²) in [7, 11) is 0. The van der Waals surface area contributed by atoms with Crippen LogP contribution in [0.5, 0.6) is 0 Å². The van der Waals surface area contributed by atoms with Gasteiger partial charge in [0.1, 0.15) is 0 Å². The van der Waals surface area contributed by atoms with Crippen molar-refractivity contribution in [2.24, 2.45) is 0 Å². The third-order valence-electron chi connectivity index (χ3n) is 5.09. The Morgan fingerprint density at radius 3 is 2.93 bits per heavy atom. The molecule has 1 aromatic heterocycles. The second-order valence-electron chi connectivity index (χ2n) is 7.05. The number of rotatable bonds is 6. The highest BCUT2D eigenvalue weighted by molar-refractivity contribution is 7.22. The Kier molecular flexibility index (Phi) is 6.28. The van der Waals surface area contributed by atoms with Gasteiger partial charge in [0.15, 0.2) is 5.13 Å². The van der Waals surface area contributed by atoms with E-state index in [0.717, 1.165) is 41.6 Å². The zero-order valence-corrected chi connectivity index (χ0v) is 17.9. The van der Waals surface area contributed by atoms with E-state index in [1.54, 1.807) is 28.4 Å². The molecule has 0 radical (unpaired) electrons. The van der Waals surface area contributed by atoms with Crippen molar-refractivity contribution in [3.63, 3.8) is 0 Å². The lowest BCUT2D eigenvalue weighted by Gasteiger charge is -2.21. The molecule has 1 unspecified atom stereocenters. The number of aryl methyl sites for hydroxylation is 1. The van der Waals surface area contributed by atoms with Crippen LogP contribution in [0.2, 0.25) is 5.02 Å². The first-order chi connectivity index (χ1) is 14.2. The Bertz CT molecular complexity index is 1040. The van der Waals surface area contributed by atoms with Gasteiger partial charge in [-0.2, -0.15) is 0 Å². The molecular formula is C23H23ClN2O2S. The predicted molar refractivity (Wildman–Crippen MR) is 121 cm³/mol. The number of carbonyl (C=O) groups excluding carboxylic acids is 1. The van der Waals surface area contributed by atoms with E-state index in [1.807, 2.05) is 30.3 Å². The van der Waals surface area contributed by atoms with Crippen LogP contribution in [0.3, 0.4) is 0 Å². The van der Waals surface area contributed by atoms with Crippen LogP contribution in [0, 0.1) is 0 Å². The van der Waals surface area contributed by atoms with Gasteiger partial charge >= 0.3 is 0 Å². The number of nitrogens with zero attached hydrogens (tertiary/aromatic N) is 2. The summed E-state index contributed by atoms with van der Waals surface area (Å²) < 4.78 is 6.89. The fourth-order valence-electron chi connectivity index (χ4n) is 3.51. The van der Waals surface area contributed by atoms with Crippen molar-refractivity contribution in [3.05, 3.63) is 64.7 Å². The number of amides is 1. The standard InChI is InChI=1S/C23H23ClN2O2S/c1-2-16-8-5-11-20-22(16)25-23(29-20)26(15-18-9-6-14-28-18)21(27)13-12-17-7-3-4-10-19(17)24/h3-5,7-8,10-13,18H,2,6,9,14-15H2,1H3/b13-12+. The Morgan fingerprint density at radius 1 is 1.31 bits per heavy atom. The number of fused-ring (bicyclic) bond motifs is 1. The maximum Gasteiger partial charge on any atom is 0.252 e. The van der Waals surface area contributed by atoms with Crippen LogP contribution < -0.4 is 4.90 Å². The second-order valence-corrected chi connectivity index (χ2v) is 8.47. The van der Waals surface area contributed by atoms with Crippen molar-refractivity contribution in [3.8, 4) is 0 Å². The first-order valence-corrected chi connectivity index (χ1v) is 11.1. The lowest BCUT2D eigenvalue weighted by atomic mass is 10.1. The van der Waals surface area contributed by atoms with Gasteiger partial charge in [0, 0.05) is 17.7 Å². The molecule has 1 amide bonds. The number of aromatic nitrogens is 1. The van der Waals surface area contributed by atoms with Crippen molar-refractivity contribution in [2.75, 3.05) is 18.1 Å². The number of halogens is 1. The molecule has 2 heterocycles. The molecule has 4 nitrogen and oxygen atoms in total. The van der Waals surface area contributed by atoms with E-state index < -0.39 is 0 Å². The largest absolute Gasteiger partial charge is 0.376 e. The fourth-order valence-corrected chi connectivity index (χ4v) is 4.74. The molecule has 150 valence electrons. The van der Waals surface area contributed by atoms with Gasteiger partial charge < -0.3 is 4.74 Å². The minimum absolute atomic E-state index is 0.0466. The molecular weight excluding hydrogens is 404 g/mol. The Balaban J connectivity index is 1.66. The van der Waals surface area contributed by atoms with Crippen molar-refractivity contribution in [1.29, 1.82) is 0 Å². The third kappa shape index (κ3) is 4.53. The van der Waals surface area contributed by atoms with E-state index >= 15 is 0 Å². The summed E-state index contributed by atoms with van der Waals surface area (Å²) in [6.07, 6.45) is 6.28. The van der Waals surface area contributed by atoms with E-state index in [0.29, 0.717) is 16.7 Å². The van der Waals surface area contributed by atoms with Gasteiger partial charge in [0.05, 0.1) is 22.9 Å². The van der Waals surface area contributed by atoms with E-state index in [9.17, 15) is 4.79 Å². The van der Waals surface area contributed by atoms with Crippen LogP contribution in [-0.4, -0.2) is 30.1 Å². The number of ether oxygens (including phenoxy) is 1. The number of anilines is 1. The predicted octanol–water partition coefficient (Wildman–Crippen LogP) is 5.74. The van der Waals surface area contributed by atoms with Gasteiger partial charge in [0.2, 0.25) is 0 Å². The molecule has 2 aromatic carbocycles. The van der Waals surface area contributed by atoms with Crippen LogP contribution in [0.15, 0.2) is 48.5 Å². The highest BCUT2D eigenvalue weighted by atomic mass is 35.5. The lowest BCUT2D eigenvalue weighted by molar-refractivity contribution is -0.114. The molecule has 0 N–H and O–H groups in total. The van der Waals surface area contributed by atoms with Gasteiger partial charge in [0.25, 0.3) is 5.91 Å². The van der Waals surface area contributed by atoms with Crippen molar-refractivity contribution in [2.45, 2.75) is 32.3 Å². The number of carbonyl (C=O) groups is 1. The quantitative estimate of drug-likeness (QED) is 0.472. The van der Waals surface area contributed by atoms with Crippen molar-refractivity contribution >= 4 is 50.3 Å². The topological polar surface area (TPSA) is 42.4 Å². The fraction of sp³-hybridized carbons (Fsp3) is 0.304. The van der Waals surface area contributed by atoms with Gasteiger partial charge in [-0.1, -0.05) is 60.2 Å². The number of para-hydroxylation sites is 1. The molecule has 1 fully saturated rings. The Hall–Kier alpha value is -2.21. The highest BCUT2D eigenvalue weighted by Crippen LogP contribution is 2.32. The van der Waals surface area contributed by atoms with Crippen molar-refractivity contribution < 1.29 is 9.53 Å². The van der Waals surface area contributed by atoms with Crippen LogP contribution in [0.4, 0.5) is 5.13 Å². The number of hydrogen-bond acceptors (Lipinski definition) is 4. The van der Waals surface area contributed by atoms with E-state index in [2.05, 4.69) is 19.1 Å². The van der Waals surface area contributed by atoms with Gasteiger partial charge in [-0.15, -0.1) is 0 Å². The van der Waals surface area contributed by atoms with E-state index in [4.69, 9.17) is 21.3 Å². The number of thiazole rings is 1. The molecule has 6 heteroatoms. The summed E-state index contributed by atoms with van der Waals surface area (Å²) in [6.45, 7) is 3.38. The molecule has 0 bridgehead atoms. The normalized spacial score (nSPS) is 16.7. The number of hydrogen-bond donors (Lipinski definition) is 0. The molecule has 0 aliphatic carbocycles. The van der Waals surface area contributed by atoms with E-state index in [-0.39, 0.29) is 12.0 Å². The average Bonchev–Trinajstić information content (AvgIpc) is 3.40. The Morgan fingerprint density at radius 2 is 2.17 bits per heavy atom. The summed E-state index contributed by atoms with van der Waals surface area (Å²) in [5, 5.41) is 1.33. The van der Waals surface area contributed by atoms with Crippen LogP contribution in [0.25, 0.3) is 16.3 Å². The Labute approximate surface area is 179 Å². The minimum Gasteiger partial charge on any atom is -0.376 e. The zero-order valence-electron chi connectivity index (χ0n) is 16.3. The zero-order chi connectivity index (χ0) is 20.2. The summed E-state index contributed by atoms with van der Waals surface area (Å²) in [5.41, 5.74) is 2.99. The molecule has 1 aliphatic rings. The van der Waals surface area contributed by atoms with Crippen molar-refractivity contribution in [1.82, 2.24) is 4.98 Å². The summed E-state index contributed by atoms with van der Waals surface area (Å²) in [4.78, 5) is 19.7. The molecule has 1 saturated heterocycles. The lowest BCUT2D eigenvalue weighted by Crippen LogP contribution is -2.36. The molecule has 3 aromatic rings. The SMILES string of the molecule is CCc1cccc2sc(N(CC3CCCO3)C(=O)/C=C/c3ccccc3Cl)nc12. The first-order valence-electron chi connectivity index (χ1n) is 9.90. The first kappa shape index (κ1) is 20.1. The molecule has 0 saturated carbocycles. The minimum atomic E-state index is -0.113. The third-order valence-corrected chi connectivity index (χ3v) is 6.48.